The summed E-state index contributed by atoms with van der Waals surface area (Å²) in [5, 5.41) is 4.96. The molecule has 2 amide bonds. The first kappa shape index (κ1) is 28.2. The maximum atomic E-state index is 11.4. The van der Waals surface area contributed by atoms with Crippen LogP contribution in [0.25, 0.3) is 0 Å². The molecule has 0 aliphatic heterocycles. The van der Waals surface area contributed by atoms with E-state index in [2.05, 4.69) is 56.0 Å². The molecule has 14 heteroatoms. The van der Waals surface area contributed by atoms with Gasteiger partial charge in [-0.3, -0.25) is 24.0 Å². The molecule has 0 fully saturated rings. The highest BCUT2D eigenvalue weighted by molar-refractivity contribution is 9.10. The second-order valence-electron chi connectivity index (χ2n) is 6.32. The molecule has 182 valence electrons. The number of esters is 2. The summed E-state index contributed by atoms with van der Waals surface area (Å²) in [6.07, 6.45) is 5.56. The molecule has 0 bridgehead atoms. The van der Waals surface area contributed by atoms with Crippen LogP contribution in [0.5, 0.6) is 0 Å². The van der Waals surface area contributed by atoms with E-state index in [0.717, 1.165) is 0 Å². The van der Waals surface area contributed by atoms with Crippen LogP contribution in [0.3, 0.4) is 0 Å². The van der Waals surface area contributed by atoms with Gasteiger partial charge in [-0.2, -0.15) is 0 Å². The number of methoxy groups -OCH3 is 2. The maximum absolute atomic E-state index is 11.4. The van der Waals surface area contributed by atoms with Gasteiger partial charge in [0.25, 0.3) is 0 Å². The average molecular weight is 539 g/mol. The number of carbonyl (C=O) groups is 5. The molecule has 0 saturated heterocycles. The maximum Gasteiger partial charge on any atom is 0.306 e. The lowest BCUT2D eigenvalue weighted by molar-refractivity contribution is -0.142. The number of hydrogen-bond donors (Lipinski definition) is 2. The second-order valence-corrected chi connectivity index (χ2v) is 7.13. The lowest BCUT2D eigenvalue weighted by Gasteiger charge is -2.03. The van der Waals surface area contributed by atoms with Gasteiger partial charge in [0, 0.05) is 19.8 Å². The van der Waals surface area contributed by atoms with Crippen molar-refractivity contribution < 1.29 is 33.4 Å². The minimum atomic E-state index is -0.455. The Kier molecular flexibility index (Phi) is 12.5. The highest BCUT2D eigenvalue weighted by Crippen LogP contribution is 2.07. The van der Waals surface area contributed by atoms with Gasteiger partial charge in [-0.15, -0.1) is 0 Å². The first-order valence-corrected chi connectivity index (χ1v) is 10.5. The molecule has 0 unspecified atom stereocenters. The molecular formula is C20H23BrN6O7. The molecule has 0 aliphatic carbocycles. The second kappa shape index (κ2) is 15.1. The fourth-order valence-corrected chi connectivity index (χ4v) is 2.20. The summed E-state index contributed by atoms with van der Waals surface area (Å²) in [5.41, 5.74) is 0.225. The molecule has 0 saturated carbocycles. The van der Waals surface area contributed by atoms with E-state index in [1.807, 2.05) is 0 Å². The summed E-state index contributed by atoms with van der Waals surface area (Å²) in [6, 6.07) is 0. The molecule has 34 heavy (non-hydrogen) atoms. The molecule has 13 nitrogen and oxygen atoms in total. The zero-order valence-electron chi connectivity index (χ0n) is 18.7. The highest BCUT2D eigenvalue weighted by Gasteiger charge is 2.09. The molecule has 2 N–H and O–H groups in total. The zero-order valence-corrected chi connectivity index (χ0v) is 20.2. The van der Waals surface area contributed by atoms with E-state index in [9.17, 15) is 24.0 Å². The molecule has 2 heterocycles. The summed E-state index contributed by atoms with van der Waals surface area (Å²) in [6.45, 7) is 1.37. The van der Waals surface area contributed by atoms with Crippen molar-refractivity contribution in [1.82, 2.24) is 19.9 Å². The molecule has 0 atom stereocenters. The predicted octanol–water partition coefficient (Wildman–Crippen LogP) is 1.70. The number of aromatic nitrogens is 4. The van der Waals surface area contributed by atoms with E-state index in [-0.39, 0.29) is 54.8 Å². The third-order valence-corrected chi connectivity index (χ3v) is 4.15. The molecule has 2 aromatic rings. The van der Waals surface area contributed by atoms with Gasteiger partial charge in [-0.05, 0) is 15.9 Å². The van der Waals surface area contributed by atoms with Gasteiger partial charge >= 0.3 is 11.9 Å². The van der Waals surface area contributed by atoms with Crippen LogP contribution in [0.15, 0.2) is 29.4 Å². The van der Waals surface area contributed by atoms with Gasteiger partial charge in [0.2, 0.25) is 11.8 Å². The Hall–Kier alpha value is -3.81. The van der Waals surface area contributed by atoms with E-state index < -0.39 is 11.9 Å². The molecule has 0 radical (unpaired) electrons. The van der Waals surface area contributed by atoms with Gasteiger partial charge in [0.15, 0.2) is 17.4 Å². The van der Waals surface area contributed by atoms with Crippen LogP contribution in [0.4, 0.5) is 11.6 Å². The van der Waals surface area contributed by atoms with E-state index >= 15 is 0 Å². The Morgan fingerprint density at radius 2 is 1.21 bits per heavy atom. The van der Waals surface area contributed by atoms with Crippen molar-refractivity contribution in [2.45, 2.75) is 32.6 Å². The number of nitrogens with zero attached hydrogens (tertiary/aromatic N) is 4. The number of anilines is 2. The SMILES string of the molecule is COC(=O)CCC(=O)Nc1cnc(Br)cn1.COC(=O)CCC(=O)Nc1cnc(C(C)=O)cn1. The van der Waals surface area contributed by atoms with Crippen molar-refractivity contribution in [3.63, 3.8) is 0 Å². The first-order chi connectivity index (χ1) is 16.1. The van der Waals surface area contributed by atoms with Crippen LogP contribution < -0.4 is 10.6 Å². The van der Waals surface area contributed by atoms with Gasteiger partial charge < -0.3 is 20.1 Å². The van der Waals surface area contributed by atoms with Crippen molar-refractivity contribution in [1.29, 1.82) is 0 Å². The topological polar surface area (TPSA) is 179 Å². The zero-order chi connectivity index (χ0) is 25.5. The summed E-state index contributed by atoms with van der Waals surface area (Å²) < 4.78 is 9.41. The Morgan fingerprint density at radius 3 is 1.56 bits per heavy atom. The van der Waals surface area contributed by atoms with Crippen molar-refractivity contribution in [3.05, 3.63) is 35.1 Å². The van der Waals surface area contributed by atoms with Gasteiger partial charge in [0.05, 0.1) is 51.8 Å². The standard InChI is InChI=1S/C11H13N3O4.C9H10BrN3O3/c1-7(15)8-5-13-9(6-12-8)14-10(16)3-4-11(17)18-2;1-16-9(15)3-2-8(14)13-7-5-11-6(10)4-12-7/h5-6H,3-4H2,1-2H3,(H,13,14,16);4-5H,2-3H2,1H3,(H,12,13,14). The lowest BCUT2D eigenvalue weighted by atomic mass is 10.3. The molecule has 0 aliphatic rings. The van der Waals surface area contributed by atoms with Crippen LogP contribution in [0.2, 0.25) is 0 Å². The molecule has 0 spiro atoms. The Labute approximate surface area is 203 Å². The van der Waals surface area contributed by atoms with Crippen molar-refractivity contribution in [2.24, 2.45) is 0 Å². The van der Waals surface area contributed by atoms with E-state index in [4.69, 9.17) is 0 Å². The van der Waals surface area contributed by atoms with Crippen molar-refractivity contribution in [2.75, 3.05) is 24.9 Å². The van der Waals surface area contributed by atoms with Gasteiger partial charge in [-0.1, -0.05) is 0 Å². The molecular weight excluding hydrogens is 516 g/mol. The summed E-state index contributed by atoms with van der Waals surface area (Å²) >= 11 is 3.12. The van der Waals surface area contributed by atoms with Crippen LogP contribution >= 0.6 is 15.9 Å². The monoisotopic (exact) mass is 538 g/mol. The number of nitrogens with one attached hydrogen (secondary N) is 2. The van der Waals surface area contributed by atoms with Gasteiger partial charge in [0.1, 0.15) is 10.3 Å². The Morgan fingerprint density at radius 1 is 0.735 bits per heavy atom. The number of rotatable bonds is 9. The van der Waals surface area contributed by atoms with Crippen LogP contribution in [-0.4, -0.2) is 63.7 Å². The number of ketones is 1. The lowest BCUT2D eigenvalue weighted by Crippen LogP contribution is -2.15. The quantitative estimate of drug-likeness (QED) is 0.350. The smallest absolute Gasteiger partial charge is 0.306 e. The normalized spacial score (nSPS) is 9.65. The summed E-state index contributed by atoms with van der Waals surface area (Å²) in [7, 11) is 2.53. The fraction of sp³-hybridized carbons (Fsp3) is 0.350. The van der Waals surface area contributed by atoms with Crippen molar-refractivity contribution >= 4 is 57.1 Å². The van der Waals surface area contributed by atoms with E-state index in [0.29, 0.717) is 10.4 Å². The van der Waals surface area contributed by atoms with Gasteiger partial charge in [-0.25, -0.2) is 19.9 Å². The molecule has 2 aromatic heterocycles. The third kappa shape index (κ3) is 11.7. The van der Waals surface area contributed by atoms with Crippen LogP contribution in [0.1, 0.15) is 43.1 Å². The van der Waals surface area contributed by atoms with E-state index in [1.165, 1.54) is 45.9 Å². The third-order valence-electron chi connectivity index (χ3n) is 3.74. The number of hydrogen-bond acceptors (Lipinski definition) is 11. The van der Waals surface area contributed by atoms with Crippen LogP contribution in [0, 0.1) is 0 Å². The fourth-order valence-electron chi connectivity index (χ4n) is 2.00. The first-order valence-electron chi connectivity index (χ1n) is 9.68. The number of Topliss-reactive ketones (excluding diaryl/α,β-unsaturated/α-hetero) is 1. The minimum Gasteiger partial charge on any atom is -0.469 e. The summed E-state index contributed by atoms with van der Waals surface area (Å²) in [4.78, 5) is 70.7. The largest absolute Gasteiger partial charge is 0.469 e. The number of ether oxygens (including phenoxy) is 2. The number of halogens is 1. The Balaban J connectivity index is 0.000000342. The average Bonchev–Trinajstić information content (AvgIpc) is 2.83. The van der Waals surface area contributed by atoms with Crippen LogP contribution in [-0.2, 0) is 28.7 Å². The van der Waals surface area contributed by atoms with Crippen molar-refractivity contribution in [3.8, 4) is 0 Å². The summed E-state index contributed by atoms with van der Waals surface area (Å²) in [5.74, 6) is -1.17. The highest BCUT2D eigenvalue weighted by atomic mass is 79.9. The Bertz CT molecular complexity index is 999. The number of carbonyl (C=O) groups excluding carboxylic acids is 5. The predicted molar refractivity (Wildman–Crippen MR) is 122 cm³/mol. The molecule has 2 rings (SSSR count). The minimum absolute atomic E-state index is 0.00128. The van der Waals surface area contributed by atoms with E-state index in [1.54, 1.807) is 0 Å². The molecule has 0 aromatic carbocycles. The number of amides is 2.